The summed E-state index contributed by atoms with van der Waals surface area (Å²) in [6.07, 6.45) is 17.0. The van der Waals surface area contributed by atoms with Crippen molar-refractivity contribution in [2.75, 3.05) is 62.7 Å². The summed E-state index contributed by atoms with van der Waals surface area (Å²) in [5, 5.41) is 44.6. The molecule has 0 fully saturated rings. The van der Waals surface area contributed by atoms with E-state index in [1.165, 1.54) is 67.6 Å². The Hall–Kier alpha value is -10.9. The van der Waals surface area contributed by atoms with Crippen molar-refractivity contribution in [1.82, 2.24) is 35.9 Å². The van der Waals surface area contributed by atoms with Crippen molar-refractivity contribution < 1.29 is 108 Å². The predicted molar refractivity (Wildman–Crippen MR) is 496 cm³/mol. The normalized spacial score (nSPS) is 10.8. The van der Waals surface area contributed by atoms with Gasteiger partial charge in [0.05, 0.1) is 89.2 Å². The average molecular weight is 1920 g/mol. The maximum Gasteiger partial charge on any atom is 1.00 e. The van der Waals surface area contributed by atoms with Gasteiger partial charge in [0, 0.05) is 48.4 Å². The number of alkyl halides is 1. The van der Waals surface area contributed by atoms with Crippen LogP contribution in [0, 0.1) is 0 Å². The number of nitrogen functional groups attached to an aromatic ring is 1. The van der Waals surface area contributed by atoms with Crippen molar-refractivity contribution >= 4 is 138 Å². The van der Waals surface area contributed by atoms with Gasteiger partial charge in [0.2, 0.25) is 28.0 Å². The number of ether oxygens (including phenoxy) is 3. The first kappa shape index (κ1) is 112. The third kappa shape index (κ3) is 52.1. The molecule has 0 atom stereocenters. The molecule has 0 radical (unpaired) electrons. The molecule has 0 aliphatic carbocycles. The standard InChI is InChI=1S/C28H30N6O4S2.C18H24N6OS.C11H14O4S.C11H14O2S.C10H11BrO2.C10H12O4S.Li.2H2O/c1-40(37,38)19-22-11-7-10-21(16-22)18-26(36)30-28-34-33-27(39-28)13-6-5-12-23-14-15-24(32-31-23)29-25(35)17-20-8-3-2-4-9-20;19-14(8-4-5-9-17-23-24-18(21)26-17)10-11-15(20)22-16(25)12-13-6-2-1-3-7-13;1-15-11(12)7-9-4-3-5-10(6-9)8-16(2,13)14;1-13-11(12)7-9-4-3-5-10(6-9)8-14-2;1-13-10(12)6-8-3-2-4-9(5-8)7-11;1-15(13,14)7-9-4-2-3-8(5-9)6-10(11)12;;;/h2-4,7-11,14-16H,5-6,12-13,17-19H2,1H3,(H,29,32,35)(H,30,34,36);1-3,6-7,10-11H,4-5,8-9,12,19-20H2,(H2,21,24)(H,22,25);3-6H,7-8H2,1-2H3;3-6H,7-8H2,1-2H3;2-5H,6-7H2,1H3;2-5H,6-7H2,1H3,(H,11,12);;2*1H2/q;;;;;;+1;;/p-1/b;14-10-,15-11+;;;;;;;. The molecule has 678 valence electrons. The molecule has 0 bridgehead atoms. The van der Waals surface area contributed by atoms with Crippen LogP contribution in [0.1, 0.15) is 115 Å². The van der Waals surface area contributed by atoms with E-state index in [0.717, 1.165) is 118 Å². The van der Waals surface area contributed by atoms with Crippen LogP contribution in [0.3, 0.4) is 0 Å². The molecule has 0 saturated carbocycles. The van der Waals surface area contributed by atoms with Crippen LogP contribution in [0.25, 0.3) is 0 Å². The maximum absolute atomic E-state index is 12.4. The van der Waals surface area contributed by atoms with Crippen LogP contribution in [0.15, 0.2) is 218 Å². The number of carboxylic acids is 1. The number of carbonyl (C=O) groups excluding carboxylic acids is 6. The van der Waals surface area contributed by atoms with Crippen molar-refractivity contribution in [3.8, 4) is 0 Å². The average Bonchev–Trinajstić information content (AvgIpc) is 1.83. The third-order valence-electron chi connectivity index (χ3n) is 16.7. The molecule has 0 saturated heterocycles. The molecule has 31 nitrogen and oxygen atoms in total. The Kier molecular flexibility index (Phi) is 53.6. The number of hydrogen-bond donors (Lipinski definition) is 7. The molecule has 10 rings (SSSR count). The number of amides is 3. The molecular formula is C88H108BrLiN12O19S6. The Morgan fingerprint density at radius 2 is 0.835 bits per heavy atom. The van der Waals surface area contributed by atoms with E-state index in [-0.39, 0.29) is 121 Å². The second kappa shape index (κ2) is 60.7. The number of hydrogen-bond acceptors (Lipinski definition) is 29. The minimum Gasteiger partial charge on any atom is -0.870 e. The number of aromatic nitrogens is 6. The minimum atomic E-state index is -3.15. The number of aryl methyl sites for hydroxylation is 3. The summed E-state index contributed by atoms with van der Waals surface area (Å²) in [5.74, 6) is -0.635. The number of benzene rings is 7. The van der Waals surface area contributed by atoms with Gasteiger partial charge < -0.3 is 63.4 Å². The Balaban J connectivity index is 0.000000545. The molecular weight excluding hydrogens is 1810 g/mol. The van der Waals surface area contributed by atoms with Gasteiger partial charge in [-0.3, -0.25) is 33.6 Å². The number of sulfone groups is 3. The summed E-state index contributed by atoms with van der Waals surface area (Å²) in [6.45, 7) is 0. The van der Waals surface area contributed by atoms with E-state index >= 15 is 0 Å². The number of carbonyl (C=O) groups is 7. The molecule has 0 unspecified atom stereocenters. The van der Waals surface area contributed by atoms with Crippen molar-refractivity contribution in [3.05, 3.63) is 300 Å². The van der Waals surface area contributed by atoms with Crippen molar-refractivity contribution in [3.63, 3.8) is 0 Å². The quantitative estimate of drug-likeness (QED) is 0.00484. The summed E-state index contributed by atoms with van der Waals surface area (Å²) in [7, 11) is -5.13. The predicted octanol–water partition coefficient (Wildman–Crippen LogP) is 8.00. The zero-order valence-electron chi connectivity index (χ0n) is 71.9. The number of halogens is 1. The number of rotatable bonds is 37. The van der Waals surface area contributed by atoms with Crippen LogP contribution >= 0.6 is 50.4 Å². The molecule has 127 heavy (non-hydrogen) atoms. The molecule has 13 N–H and O–H groups in total. The van der Waals surface area contributed by atoms with E-state index in [1.54, 1.807) is 103 Å². The smallest absolute Gasteiger partial charge is 0.870 e. The van der Waals surface area contributed by atoms with Crippen molar-refractivity contribution in [1.29, 1.82) is 0 Å². The molecule has 39 heteroatoms. The number of methoxy groups -OCH3 is 3. The maximum atomic E-state index is 12.4. The SMILES string of the molecule is COC(=O)Cc1cccc(CBr)c1.COC(=O)Cc1cccc(CS(C)(=O)=O)c1.COC(=O)Cc1cccc(CSC)c1.CS(=O)(=O)Cc1cccc(CC(=O)Nc2nnc(CCCCc3ccc(NC(=O)Cc4ccccc4)nn3)s2)c1.CS(=O)(=O)Cc1cccc(CC(=O)O)c1.N/C(=C\C=C(/N)NC(=O)Cc1ccccc1)CCCCc1nnc(N)s1.O.[Li+].[OH-]. The van der Waals surface area contributed by atoms with Crippen molar-refractivity contribution in [2.24, 2.45) is 11.5 Å². The number of anilines is 3. The van der Waals surface area contributed by atoms with Gasteiger partial charge in [0.15, 0.2) is 35.3 Å². The number of allylic oxidation sites excluding steroid dienone is 3. The monoisotopic (exact) mass is 1910 g/mol. The summed E-state index contributed by atoms with van der Waals surface area (Å²) in [6, 6.07) is 59.1. The fourth-order valence-electron chi connectivity index (χ4n) is 11.3. The van der Waals surface area contributed by atoms with Gasteiger partial charge >= 0.3 is 42.7 Å². The van der Waals surface area contributed by atoms with Crippen LogP contribution in [0.2, 0.25) is 0 Å². The summed E-state index contributed by atoms with van der Waals surface area (Å²) in [4.78, 5) is 80.0. The Morgan fingerprint density at radius 1 is 0.449 bits per heavy atom. The van der Waals surface area contributed by atoms with Gasteiger partial charge in [-0.2, -0.15) is 16.9 Å². The van der Waals surface area contributed by atoms with E-state index in [2.05, 4.69) is 89.0 Å². The van der Waals surface area contributed by atoms with Crippen LogP contribution in [-0.2, 0) is 170 Å². The van der Waals surface area contributed by atoms with Gasteiger partial charge in [-0.05, 0) is 136 Å². The fourth-order valence-corrected chi connectivity index (χ4v) is 15.9. The second-order valence-corrected chi connectivity index (χ2v) is 38.1. The topological polar surface area (TPSA) is 523 Å². The van der Waals surface area contributed by atoms with Gasteiger partial charge in [-0.1, -0.05) is 221 Å². The zero-order chi connectivity index (χ0) is 90.9. The third-order valence-corrected chi connectivity index (χ3v) is 22.2. The molecule has 7 aromatic carbocycles. The van der Waals surface area contributed by atoms with Crippen LogP contribution < -0.4 is 52.0 Å². The largest absolute Gasteiger partial charge is 1.00 e. The molecule has 0 aliphatic rings. The number of nitrogens with one attached hydrogen (secondary N) is 3. The van der Waals surface area contributed by atoms with Gasteiger partial charge in [-0.25, -0.2) is 25.3 Å². The van der Waals surface area contributed by atoms with Gasteiger partial charge in [0.1, 0.15) is 15.8 Å². The number of unbranched alkanes of at least 4 members (excludes halogenated alkanes) is 2. The van der Waals surface area contributed by atoms with E-state index in [1.807, 2.05) is 109 Å². The Bertz CT molecular complexity index is 5510. The molecule has 0 aliphatic heterocycles. The summed E-state index contributed by atoms with van der Waals surface area (Å²) >= 11 is 7.88. The van der Waals surface area contributed by atoms with Crippen molar-refractivity contribution in [2.45, 2.75) is 125 Å². The zero-order valence-corrected chi connectivity index (χ0v) is 78.4. The number of nitrogens with zero attached hydrogens (tertiary/aromatic N) is 6. The minimum absolute atomic E-state index is 0. The van der Waals surface area contributed by atoms with Crippen LogP contribution in [0.5, 0.6) is 0 Å². The summed E-state index contributed by atoms with van der Waals surface area (Å²) in [5.41, 5.74) is 29.2. The van der Waals surface area contributed by atoms with E-state index < -0.39 is 35.5 Å². The number of thioether (sulfide) groups is 1. The van der Waals surface area contributed by atoms with Gasteiger partial charge in [0.25, 0.3) is 0 Å². The number of carboxylic acid groups (broad SMARTS) is 1. The summed E-state index contributed by atoms with van der Waals surface area (Å²) < 4.78 is 81.0. The first-order valence-corrected chi connectivity index (χ1v) is 48.9. The Morgan fingerprint density at radius 3 is 1.27 bits per heavy atom. The molecule has 3 heterocycles. The first-order chi connectivity index (χ1) is 59.0. The number of aliphatic carboxylic acids is 1. The number of esters is 3. The first-order valence-electron chi connectivity index (χ1n) is 38.6. The number of nitrogens with two attached hydrogens (primary N) is 3. The van der Waals surface area contributed by atoms with E-state index in [4.69, 9.17) is 22.3 Å². The molecule has 3 aromatic heterocycles. The van der Waals surface area contributed by atoms with E-state index in [0.29, 0.717) is 56.9 Å². The Labute approximate surface area is 774 Å². The second-order valence-electron chi connectivity index (χ2n) is 28.1. The fraction of sp³-hybridized carbons (Fsp3) is 0.307. The molecule has 3 amide bonds. The van der Waals surface area contributed by atoms with E-state index in [9.17, 15) is 58.8 Å². The van der Waals surface area contributed by atoms with Gasteiger partial charge in [-0.15, -0.1) is 25.5 Å². The van der Waals surface area contributed by atoms with Crippen LogP contribution in [0.4, 0.5) is 16.1 Å². The van der Waals surface area contributed by atoms with Crippen LogP contribution in [-0.4, -0.2) is 160 Å². The molecule has 10 aromatic rings. The molecule has 0 spiro atoms.